The van der Waals surface area contributed by atoms with Gasteiger partial charge < -0.3 is 30.5 Å². The molecule has 2 heterocycles. The SMILES string of the molecule is CCC1CCN(CCO)C(C(=O)NC(C(C)C)C2OC(SC)C(O)C(O)C2O)C1. The highest BCUT2D eigenvalue weighted by Crippen LogP contribution is 2.31. The molecule has 0 saturated carbocycles. The normalized spacial score (nSPS) is 37.5. The summed E-state index contributed by atoms with van der Waals surface area (Å²) >= 11 is 1.26. The van der Waals surface area contributed by atoms with Gasteiger partial charge in [-0.15, -0.1) is 11.8 Å². The van der Waals surface area contributed by atoms with E-state index in [1.54, 1.807) is 6.26 Å². The van der Waals surface area contributed by atoms with Crippen molar-refractivity contribution < 1.29 is 30.0 Å². The van der Waals surface area contributed by atoms with Gasteiger partial charge in [0.25, 0.3) is 0 Å². The van der Waals surface area contributed by atoms with Crippen LogP contribution in [0.2, 0.25) is 0 Å². The summed E-state index contributed by atoms with van der Waals surface area (Å²) in [6, 6.07) is -0.859. The molecule has 0 aromatic rings. The lowest BCUT2D eigenvalue weighted by molar-refractivity contribution is -0.208. The first-order chi connectivity index (χ1) is 13.7. The Hall–Kier alpha value is -0.420. The van der Waals surface area contributed by atoms with E-state index in [1.807, 2.05) is 18.7 Å². The second-order valence-electron chi connectivity index (χ2n) is 8.53. The van der Waals surface area contributed by atoms with Crippen LogP contribution in [0.25, 0.3) is 0 Å². The molecule has 2 fully saturated rings. The first-order valence-corrected chi connectivity index (χ1v) is 11.9. The van der Waals surface area contributed by atoms with Gasteiger partial charge in [0.15, 0.2) is 0 Å². The van der Waals surface area contributed by atoms with Gasteiger partial charge in [0, 0.05) is 6.54 Å². The van der Waals surface area contributed by atoms with Crippen LogP contribution < -0.4 is 5.32 Å². The number of piperidine rings is 1. The minimum absolute atomic E-state index is 0.00187. The Morgan fingerprint density at radius 2 is 1.93 bits per heavy atom. The fourth-order valence-electron chi connectivity index (χ4n) is 4.38. The van der Waals surface area contributed by atoms with Crippen molar-refractivity contribution in [1.82, 2.24) is 10.2 Å². The number of hydrogen-bond donors (Lipinski definition) is 5. The largest absolute Gasteiger partial charge is 0.395 e. The van der Waals surface area contributed by atoms with E-state index >= 15 is 0 Å². The number of hydrogen-bond acceptors (Lipinski definition) is 8. The van der Waals surface area contributed by atoms with Crippen LogP contribution in [0.3, 0.4) is 0 Å². The molecule has 0 aromatic heterocycles. The second-order valence-corrected chi connectivity index (χ2v) is 9.47. The lowest BCUT2D eigenvalue weighted by Crippen LogP contribution is -2.65. The summed E-state index contributed by atoms with van der Waals surface area (Å²) in [7, 11) is 0. The topological polar surface area (TPSA) is 122 Å². The molecule has 8 unspecified atom stereocenters. The number of amides is 1. The Labute approximate surface area is 178 Å². The summed E-state index contributed by atoms with van der Waals surface area (Å²) in [5, 5.41) is 43.3. The summed E-state index contributed by atoms with van der Waals surface area (Å²) in [6.45, 7) is 7.19. The molecule has 2 rings (SSSR count). The molecule has 2 saturated heterocycles. The van der Waals surface area contributed by atoms with Crippen LogP contribution in [0.1, 0.15) is 40.0 Å². The molecular weight excluding hydrogens is 396 g/mol. The molecule has 0 aromatic carbocycles. The van der Waals surface area contributed by atoms with Crippen molar-refractivity contribution in [3.63, 3.8) is 0 Å². The van der Waals surface area contributed by atoms with Crippen LogP contribution in [-0.2, 0) is 9.53 Å². The van der Waals surface area contributed by atoms with Crippen molar-refractivity contribution in [2.45, 2.75) is 82.0 Å². The van der Waals surface area contributed by atoms with Gasteiger partial charge in [0.2, 0.25) is 5.91 Å². The first kappa shape index (κ1) is 24.8. The standard InChI is InChI=1S/C20H38N2O6S/c1-5-12-6-7-22(8-9-23)13(10-12)19(27)21-14(11(2)3)18-16(25)15(24)17(26)20(28-18)29-4/h11-18,20,23-26H,5-10H2,1-4H3,(H,21,27). The van der Waals surface area contributed by atoms with Crippen molar-refractivity contribution in [2.24, 2.45) is 11.8 Å². The minimum Gasteiger partial charge on any atom is -0.395 e. The molecule has 9 heteroatoms. The fraction of sp³-hybridized carbons (Fsp3) is 0.950. The second kappa shape index (κ2) is 11.3. The number of β-amino-alcohol motifs (C(OH)–C–C–N with tert-alkyl or cyclic N) is 1. The fourth-order valence-corrected chi connectivity index (χ4v) is 5.06. The molecular formula is C20H38N2O6S. The lowest BCUT2D eigenvalue weighted by Gasteiger charge is -2.45. The number of ether oxygens (including phenoxy) is 1. The predicted molar refractivity (Wildman–Crippen MR) is 112 cm³/mol. The molecule has 2 aliphatic heterocycles. The molecule has 1 amide bonds. The highest BCUT2D eigenvalue weighted by Gasteiger charge is 2.48. The zero-order valence-electron chi connectivity index (χ0n) is 17.9. The molecule has 8 atom stereocenters. The molecule has 0 aliphatic carbocycles. The Morgan fingerprint density at radius 1 is 1.24 bits per heavy atom. The summed E-state index contributed by atoms with van der Waals surface area (Å²) in [6.07, 6.45) is -0.144. The van der Waals surface area contributed by atoms with Gasteiger partial charge in [-0.25, -0.2) is 0 Å². The Balaban J connectivity index is 2.16. The minimum atomic E-state index is -1.34. The highest BCUT2D eigenvalue weighted by molar-refractivity contribution is 7.99. The third-order valence-corrected chi connectivity index (χ3v) is 7.16. The number of thioether (sulfide) groups is 1. The van der Waals surface area contributed by atoms with E-state index in [0.717, 1.165) is 25.8 Å². The van der Waals surface area contributed by atoms with Gasteiger partial charge in [-0.05, 0) is 37.5 Å². The number of carbonyl (C=O) groups excluding carboxylic acids is 1. The van der Waals surface area contributed by atoms with Crippen LogP contribution in [0.4, 0.5) is 0 Å². The number of carbonyl (C=O) groups is 1. The van der Waals surface area contributed by atoms with Crippen molar-refractivity contribution in [3.8, 4) is 0 Å². The van der Waals surface area contributed by atoms with E-state index in [1.165, 1.54) is 11.8 Å². The average molecular weight is 435 g/mol. The molecule has 170 valence electrons. The van der Waals surface area contributed by atoms with E-state index in [2.05, 4.69) is 12.2 Å². The third kappa shape index (κ3) is 5.84. The van der Waals surface area contributed by atoms with Gasteiger partial charge >= 0.3 is 0 Å². The van der Waals surface area contributed by atoms with E-state index in [4.69, 9.17) is 4.74 Å². The van der Waals surface area contributed by atoms with Crippen LogP contribution in [-0.4, -0.2) is 99.1 Å². The van der Waals surface area contributed by atoms with E-state index in [-0.39, 0.29) is 24.5 Å². The molecule has 2 aliphatic rings. The maximum absolute atomic E-state index is 13.2. The summed E-state index contributed by atoms with van der Waals surface area (Å²) in [5.41, 5.74) is -0.679. The average Bonchev–Trinajstić information content (AvgIpc) is 2.71. The number of nitrogens with one attached hydrogen (secondary N) is 1. The predicted octanol–water partition coefficient (Wildman–Crippen LogP) is -0.219. The zero-order valence-corrected chi connectivity index (χ0v) is 18.7. The van der Waals surface area contributed by atoms with Gasteiger partial charge in [-0.1, -0.05) is 27.2 Å². The van der Waals surface area contributed by atoms with Crippen molar-refractivity contribution in [1.29, 1.82) is 0 Å². The quantitative estimate of drug-likeness (QED) is 0.355. The van der Waals surface area contributed by atoms with Crippen LogP contribution >= 0.6 is 11.8 Å². The number of nitrogens with zero attached hydrogens (tertiary/aromatic N) is 1. The number of rotatable bonds is 8. The Kier molecular flexibility index (Phi) is 9.66. The van der Waals surface area contributed by atoms with Gasteiger partial charge in [0.1, 0.15) is 29.9 Å². The summed E-state index contributed by atoms with van der Waals surface area (Å²) < 4.78 is 5.89. The number of likely N-dealkylation sites (tertiary alicyclic amines) is 1. The van der Waals surface area contributed by atoms with E-state index < -0.39 is 35.9 Å². The van der Waals surface area contributed by atoms with Crippen LogP contribution in [0, 0.1) is 11.8 Å². The third-order valence-electron chi connectivity index (χ3n) is 6.31. The Morgan fingerprint density at radius 3 is 2.48 bits per heavy atom. The van der Waals surface area contributed by atoms with Gasteiger partial charge in [-0.3, -0.25) is 9.69 Å². The highest BCUT2D eigenvalue weighted by atomic mass is 32.2. The summed E-state index contributed by atoms with van der Waals surface area (Å²) in [5.74, 6) is 0.264. The first-order valence-electron chi connectivity index (χ1n) is 10.6. The zero-order chi connectivity index (χ0) is 21.7. The van der Waals surface area contributed by atoms with E-state index in [9.17, 15) is 25.2 Å². The van der Waals surface area contributed by atoms with E-state index in [0.29, 0.717) is 12.5 Å². The van der Waals surface area contributed by atoms with Crippen LogP contribution in [0.15, 0.2) is 0 Å². The molecule has 0 spiro atoms. The maximum atomic E-state index is 13.2. The van der Waals surface area contributed by atoms with Crippen molar-refractivity contribution in [3.05, 3.63) is 0 Å². The Bertz CT molecular complexity index is 523. The maximum Gasteiger partial charge on any atom is 0.237 e. The van der Waals surface area contributed by atoms with Gasteiger partial charge in [0.05, 0.1) is 18.7 Å². The molecule has 29 heavy (non-hydrogen) atoms. The monoisotopic (exact) mass is 434 g/mol. The van der Waals surface area contributed by atoms with Crippen LogP contribution in [0.5, 0.6) is 0 Å². The molecule has 8 nitrogen and oxygen atoms in total. The van der Waals surface area contributed by atoms with Crippen molar-refractivity contribution >= 4 is 17.7 Å². The molecule has 5 N–H and O–H groups in total. The van der Waals surface area contributed by atoms with Gasteiger partial charge in [-0.2, -0.15) is 0 Å². The number of aliphatic hydroxyl groups is 4. The smallest absolute Gasteiger partial charge is 0.237 e. The lowest BCUT2D eigenvalue weighted by atomic mass is 9.86. The number of aliphatic hydroxyl groups excluding tert-OH is 4. The van der Waals surface area contributed by atoms with Crippen molar-refractivity contribution in [2.75, 3.05) is 26.0 Å². The molecule has 0 radical (unpaired) electrons. The molecule has 0 bridgehead atoms. The summed E-state index contributed by atoms with van der Waals surface area (Å²) in [4.78, 5) is 15.2.